The van der Waals surface area contributed by atoms with E-state index >= 15 is 0 Å². The van der Waals surface area contributed by atoms with Crippen LogP contribution < -0.4 is 10.9 Å². The molecule has 0 saturated heterocycles. The van der Waals surface area contributed by atoms with E-state index in [0.29, 0.717) is 23.2 Å². The van der Waals surface area contributed by atoms with E-state index in [1.165, 1.54) is 10.9 Å². The topological polar surface area (TPSA) is 73.0 Å². The van der Waals surface area contributed by atoms with Crippen molar-refractivity contribution in [3.63, 3.8) is 0 Å². The van der Waals surface area contributed by atoms with E-state index in [-0.39, 0.29) is 5.56 Å². The largest absolute Gasteiger partial charge is 0.377 e. The van der Waals surface area contributed by atoms with Gasteiger partial charge in [-0.25, -0.2) is 4.68 Å². The standard InChI is InChI=1S/C11H11BrN4O2/c1-2-4-16-11(17)10(12)9(7-14-16)13-6-8-3-5-18-15-8/h2-3,5,7,13H,1,4,6H2. The summed E-state index contributed by atoms with van der Waals surface area (Å²) < 4.78 is 6.46. The Bertz CT molecular complexity index is 592. The first-order valence-corrected chi connectivity index (χ1v) is 6.01. The summed E-state index contributed by atoms with van der Waals surface area (Å²) >= 11 is 3.25. The first kappa shape index (κ1) is 12.6. The lowest BCUT2D eigenvalue weighted by Gasteiger charge is -2.08. The summed E-state index contributed by atoms with van der Waals surface area (Å²) in [4.78, 5) is 11.9. The van der Waals surface area contributed by atoms with Gasteiger partial charge in [-0.15, -0.1) is 6.58 Å². The average molecular weight is 311 g/mol. The van der Waals surface area contributed by atoms with E-state index in [2.05, 4.69) is 38.1 Å². The fourth-order valence-electron chi connectivity index (χ4n) is 1.36. The molecule has 2 aromatic rings. The average Bonchev–Trinajstić information content (AvgIpc) is 2.87. The van der Waals surface area contributed by atoms with Gasteiger partial charge < -0.3 is 9.84 Å². The second-order valence-corrected chi connectivity index (χ2v) is 4.29. The van der Waals surface area contributed by atoms with Gasteiger partial charge in [0.15, 0.2) is 0 Å². The van der Waals surface area contributed by atoms with Crippen molar-refractivity contribution in [3.05, 3.63) is 51.7 Å². The van der Waals surface area contributed by atoms with Crippen molar-refractivity contribution in [1.29, 1.82) is 0 Å². The first-order chi connectivity index (χ1) is 8.72. The van der Waals surface area contributed by atoms with Crippen LogP contribution in [0.1, 0.15) is 5.69 Å². The molecular formula is C11H11BrN4O2. The Kier molecular flexibility index (Phi) is 3.93. The lowest BCUT2D eigenvalue weighted by molar-refractivity contribution is 0.412. The van der Waals surface area contributed by atoms with Crippen LogP contribution >= 0.6 is 15.9 Å². The van der Waals surface area contributed by atoms with Gasteiger partial charge >= 0.3 is 0 Å². The van der Waals surface area contributed by atoms with Crippen LogP contribution in [0.15, 0.2) is 45.0 Å². The minimum Gasteiger partial charge on any atom is -0.377 e. The molecule has 0 atom stereocenters. The molecule has 0 spiro atoms. The van der Waals surface area contributed by atoms with Gasteiger partial charge in [-0.3, -0.25) is 4.79 Å². The van der Waals surface area contributed by atoms with Crippen LogP contribution in [0.25, 0.3) is 0 Å². The van der Waals surface area contributed by atoms with Gasteiger partial charge in [0.05, 0.1) is 25.0 Å². The van der Waals surface area contributed by atoms with Crippen molar-refractivity contribution in [2.45, 2.75) is 13.1 Å². The van der Waals surface area contributed by atoms with Crippen LogP contribution in [-0.2, 0) is 13.1 Å². The predicted octanol–water partition coefficient (Wildman–Crippen LogP) is 1.79. The molecule has 2 aromatic heterocycles. The summed E-state index contributed by atoms with van der Waals surface area (Å²) in [5.41, 5.74) is 1.15. The Morgan fingerprint density at radius 2 is 2.44 bits per heavy atom. The Labute approximate surface area is 111 Å². The molecule has 0 fully saturated rings. The maximum atomic E-state index is 11.9. The van der Waals surface area contributed by atoms with Crippen molar-refractivity contribution < 1.29 is 4.52 Å². The molecule has 0 bridgehead atoms. The molecule has 0 radical (unpaired) electrons. The smallest absolute Gasteiger partial charge is 0.283 e. The second-order valence-electron chi connectivity index (χ2n) is 3.49. The van der Waals surface area contributed by atoms with Crippen molar-refractivity contribution in [3.8, 4) is 0 Å². The van der Waals surface area contributed by atoms with Gasteiger partial charge in [-0.1, -0.05) is 11.2 Å². The quantitative estimate of drug-likeness (QED) is 0.852. The minimum absolute atomic E-state index is 0.208. The Balaban J connectivity index is 2.16. The van der Waals surface area contributed by atoms with Gasteiger partial charge in [-0.2, -0.15) is 5.10 Å². The summed E-state index contributed by atoms with van der Waals surface area (Å²) in [5, 5.41) is 10.8. The predicted molar refractivity (Wildman–Crippen MR) is 70.2 cm³/mol. The maximum absolute atomic E-state index is 11.9. The zero-order valence-corrected chi connectivity index (χ0v) is 11.1. The molecule has 0 aliphatic carbocycles. The molecule has 0 saturated carbocycles. The molecule has 0 aromatic carbocycles. The van der Waals surface area contributed by atoms with Gasteiger partial charge in [0, 0.05) is 6.07 Å². The Hall–Kier alpha value is -1.89. The van der Waals surface area contributed by atoms with E-state index in [9.17, 15) is 4.79 Å². The van der Waals surface area contributed by atoms with E-state index in [1.54, 1.807) is 18.3 Å². The van der Waals surface area contributed by atoms with E-state index < -0.39 is 0 Å². The van der Waals surface area contributed by atoms with Crippen molar-refractivity contribution >= 4 is 21.6 Å². The highest BCUT2D eigenvalue weighted by Crippen LogP contribution is 2.16. The number of nitrogens with one attached hydrogen (secondary N) is 1. The SMILES string of the molecule is C=CCn1ncc(NCc2ccon2)c(Br)c1=O. The molecule has 2 heterocycles. The number of aromatic nitrogens is 3. The third kappa shape index (κ3) is 2.67. The zero-order chi connectivity index (χ0) is 13.0. The van der Waals surface area contributed by atoms with Crippen molar-refractivity contribution in [2.24, 2.45) is 0 Å². The fraction of sp³-hybridized carbons (Fsp3) is 0.182. The number of allylic oxidation sites excluding steroid dienone is 1. The molecule has 0 amide bonds. The monoisotopic (exact) mass is 310 g/mol. The minimum atomic E-state index is -0.208. The van der Waals surface area contributed by atoms with E-state index in [4.69, 9.17) is 4.52 Å². The first-order valence-electron chi connectivity index (χ1n) is 5.22. The van der Waals surface area contributed by atoms with Crippen LogP contribution in [0.4, 0.5) is 5.69 Å². The Morgan fingerprint density at radius 1 is 1.61 bits per heavy atom. The van der Waals surface area contributed by atoms with Crippen LogP contribution in [-0.4, -0.2) is 14.9 Å². The highest BCUT2D eigenvalue weighted by Gasteiger charge is 2.08. The lowest BCUT2D eigenvalue weighted by atomic mass is 10.4. The summed E-state index contributed by atoms with van der Waals surface area (Å²) in [6, 6.07) is 1.74. The number of nitrogens with zero attached hydrogens (tertiary/aromatic N) is 3. The molecule has 0 unspecified atom stereocenters. The summed E-state index contributed by atoms with van der Waals surface area (Å²) in [5.74, 6) is 0. The van der Waals surface area contributed by atoms with Crippen molar-refractivity contribution in [2.75, 3.05) is 5.32 Å². The molecule has 7 heteroatoms. The van der Waals surface area contributed by atoms with E-state index in [0.717, 1.165) is 5.69 Å². The van der Waals surface area contributed by atoms with Gasteiger partial charge in [-0.05, 0) is 15.9 Å². The summed E-state index contributed by atoms with van der Waals surface area (Å²) in [6.07, 6.45) is 4.69. The number of hydrogen-bond donors (Lipinski definition) is 1. The highest BCUT2D eigenvalue weighted by atomic mass is 79.9. The molecular weight excluding hydrogens is 300 g/mol. The van der Waals surface area contributed by atoms with Crippen LogP contribution in [0.2, 0.25) is 0 Å². The van der Waals surface area contributed by atoms with Crippen molar-refractivity contribution in [1.82, 2.24) is 14.9 Å². The highest BCUT2D eigenvalue weighted by molar-refractivity contribution is 9.10. The third-order valence-corrected chi connectivity index (χ3v) is 3.00. The number of anilines is 1. The number of hydrogen-bond acceptors (Lipinski definition) is 5. The van der Waals surface area contributed by atoms with Gasteiger partial charge in [0.1, 0.15) is 16.4 Å². The normalized spacial score (nSPS) is 10.3. The summed E-state index contributed by atoms with van der Waals surface area (Å²) in [6.45, 7) is 4.41. The second kappa shape index (κ2) is 5.63. The number of halogens is 1. The zero-order valence-electron chi connectivity index (χ0n) is 9.47. The van der Waals surface area contributed by atoms with Crippen LogP contribution in [0.3, 0.4) is 0 Å². The molecule has 6 nitrogen and oxygen atoms in total. The Morgan fingerprint density at radius 3 is 3.11 bits per heavy atom. The molecule has 0 aliphatic heterocycles. The summed E-state index contributed by atoms with van der Waals surface area (Å²) in [7, 11) is 0. The molecule has 94 valence electrons. The molecule has 18 heavy (non-hydrogen) atoms. The maximum Gasteiger partial charge on any atom is 0.283 e. The van der Waals surface area contributed by atoms with Crippen LogP contribution in [0.5, 0.6) is 0 Å². The third-order valence-electron chi connectivity index (χ3n) is 2.24. The van der Waals surface area contributed by atoms with E-state index in [1.807, 2.05) is 0 Å². The lowest BCUT2D eigenvalue weighted by Crippen LogP contribution is -2.23. The van der Waals surface area contributed by atoms with Crippen LogP contribution in [0, 0.1) is 0 Å². The number of rotatable bonds is 5. The molecule has 0 aliphatic rings. The van der Waals surface area contributed by atoms with Gasteiger partial charge in [0.25, 0.3) is 5.56 Å². The molecule has 2 rings (SSSR count). The fourth-order valence-corrected chi connectivity index (χ4v) is 1.80. The van der Waals surface area contributed by atoms with Gasteiger partial charge in [0.2, 0.25) is 0 Å². The molecule has 1 N–H and O–H groups in total.